The maximum absolute atomic E-state index is 13.6. The first-order valence-corrected chi connectivity index (χ1v) is 10.4. The van der Waals surface area contributed by atoms with E-state index in [1.807, 2.05) is 19.1 Å². The Kier molecular flexibility index (Phi) is 7.20. The van der Waals surface area contributed by atoms with E-state index in [0.717, 1.165) is 12.0 Å². The Morgan fingerprint density at radius 1 is 1.23 bits per heavy atom. The van der Waals surface area contributed by atoms with Crippen LogP contribution in [0.15, 0.2) is 46.0 Å². The van der Waals surface area contributed by atoms with Crippen LogP contribution in [-0.2, 0) is 28.6 Å². The molecule has 2 N–H and O–H groups in total. The first kappa shape index (κ1) is 20.0. The van der Waals surface area contributed by atoms with Crippen molar-refractivity contribution in [1.29, 1.82) is 0 Å². The molecule has 0 radical (unpaired) electrons. The summed E-state index contributed by atoms with van der Waals surface area (Å²) in [4.78, 5) is 4.44. The molecular weight excluding hydrogens is 357 g/mol. The number of nitrogens with one attached hydrogen (secondary N) is 2. The fourth-order valence-corrected chi connectivity index (χ4v) is 3.28. The first-order valence-electron chi connectivity index (χ1n) is 8.37. The predicted molar refractivity (Wildman–Crippen MR) is 100 cm³/mol. The van der Waals surface area contributed by atoms with Gasteiger partial charge in [-0.25, -0.2) is 17.8 Å². The van der Waals surface area contributed by atoms with Gasteiger partial charge in [0.2, 0.25) is 0 Å². The Hall–Kier alpha value is -2.35. The summed E-state index contributed by atoms with van der Waals surface area (Å²) in [5.41, 5.74) is 1.11. The van der Waals surface area contributed by atoms with Crippen LogP contribution < -0.4 is 10.6 Å². The lowest BCUT2D eigenvalue weighted by molar-refractivity contribution is 0.507. The molecule has 1 heterocycles. The normalized spacial score (nSPS) is 12.2. The van der Waals surface area contributed by atoms with Crippen LogP contribution in [0.5, 0.6) is 0 Å². The van der Waals surface area contributed by atoms with Gasteiger partial charge in [0.15, 0.2) is 15.8 Å². The molecule has 0 aliphatic heterocycles. The van der Waals surface area contributed by atoms with Crippen molar-refractivity contribution in [1.82, 2.24) is 10.6 Å². The van der Waals surface area contributed by atoms with Crippen LogP contribution in [0.2, 0.25) is 0 Å². The lowest BCUT2D eigenvalue weighted by Gasteiger charge is -2.12. The number of halogens is 1. The summed E-state index contributed by atoms with van der Waals surface area (Å²) in [6.07, 6.45) is 3.49. The minimum atomic E-state index is -3.21. The number of furan rings is 1. The summed E-state index contributed by atoms with van der Waals surface area (Å²) in [6, 6.07) is 7.83. The summed E-state index contributed by atoms with van der Waals surface area (Å²) in [5, 5.41) is 6.29. The molecule has 2 aromatic rings. The van der Waals surface area contributed by atoms with Gasteiger partial charge in [0.1, 0.15) is 11.6 Å². The van der Waals surface area contributed by atoms with Crippen LogP contribution in [-0.4, -0.2) is 33.7 Å². The molecule has 1 aromatic carbocycles. The van der Waals surface area contributed by atoms with Crippen LogP contribution in [0.1, 0.15) is 23.8 Å². The summed E-state index contributed by atoms with van der Waals surface area (Å²) >= 11 is 0. The zero-order valence-corrected chi connectivity index (χ0v) is 15.8. The second kappa shape index (κ2) is 9.38. The van der Waals surface area contributed by atoms with Crippen molar-refractivity contribution in [3.63, 3.8) is 0 Å². The van der Waals surface area contributed by atoms with E-state index in [-0.39, 0.29) is 12.3 Å². The molecular formula is C18H24FN3O3S. The van der Waals surface area contributed by atoms with Gasteiger partial charge in [0.25, 0.3) is 0 Å². The predicted octanol–water partition coefficient (Wildman–Crippen LogP) is 2.26. The van der Waals surface area contributed by atoms with Gasteiger partial charge in [-0.3, -0.25) is 0 Å². The highest BCUT2D eigenvalue weighted by atomic mass is 32.2. The van der Waals surface area contributed by atoms with Gasteiger partial charge >= 0.3 is 0 Å². The summed E-state index contributed by atoms with van der Waals surface area (Å²) in [6.45, 7) is 3.42. The maximum atomic E-state index is 13.6. The molecule has 0 aliphatic rings. The van der Waals surface area contributed by atoms with Crippen molar-refractivity contribution in [3.8, 4) is 0 Å². The molecule has 2 rings (SSSR count). The average molecular weight is 381 g/mol. The number of rotatable bonds is 8. The molecule has 142 valence electrons. The number of benzene rings is 1. The third-order valence-corrected chi connectivity index (χ3v) is 4.42. The van der Waals surface area contributed by atoms with Gasteiger partial charge in [-0.2, -0.15) is 0 Å². The first-order chi connectivity index (χ1) is 12.4. The highest BCUT2D eigenvalue weighted by Crippen LogP contribution is 2.15. The fourth-order valence-electron chi connectivity index (χ4n) is 2.43. The van der Waals surface area contributed by atoms with Gasteiger partial charge in [0, 0.05) is 25.8 Å². The van der Waals surface area contributed by atoms with E-state index in [1.54, 1.807) is 6.26 Å². The van der Waals surface area contributed by atoms with E-state index >= 15 is 0 Å². The lowest BCUT2D eigenvalue weighted by atomic mass is 10.1. The van der Waals surface area contributed by atoms with E-state index in [1.165, 1.54) is 18.2 Å². The van der Waals surface area contributed by atoms with E-state index in [2.05, 4.69) is 15.6 Å². The van der Waals surface area contributed by atoms with Gasteiger partial charge in [0.05, 0.1) is 18.6 Å². The monoisotopic (exact) mass is 381 g/mol. The van der Waals surface area contributed by atoms with Crippen LogP contribution >= 0.6 is 0 Å². The van der Waals surface area contributed by atoms with Crippen molar-refractivity contribution in [2.75, 3.05) is 19.3 Å². The third-order valence-electron chi connectivity index (χ3n) is 3.58. The van der Waals surface area contributed by atoms with Crippen molar-refractivity contribution in [3.05, 3.63) is 59.3 Å². The fraction of sp³-hybridized carbons (Fsp3) is 0.389. The summed E-state index contributed by atoms with van der Waals surface area (Å²) < 4.78 is 42.0. The van der Waals surface area contributed by atoms with Crippen molar-refractivity contribution in [2.45, 2.75) is 25.6 Å². The SMILES string of the molecule is CCNC(=NCc1cc(F)ccc1CS(C)(=O)=O)NCCc1ccco1. The van der Waals surface area contributed by atoms with Crippen LogP contribution in [0, 0.1) is 5.82 Å². The van der Waals surface area contributed by atoms with Crippen molar-refractivity contribution >= 4 is 15.8 Å². The van der Waals surface area contributed by atoms with E-state index in [4.69, 9.17) is 4.42 Å². The largest absolute Gasteiger partial charge is 0.469 e. The molecule has 0 saturated heterocycles. The Bertz CT molecular complexity index is 833. The number of sulfone groups is 1. The molecule has 0 bridgehead atoms. The zero-order chi connectivity index (χ0) is 19.0. The number of hydrogen-bond donors (Lipinski definition) is 2. The van der Waals surface area contributed by atoms with Gasteiger partial charge < -0.3 is 15.1 Å². The summed E-state index contributed by atoms with van der Waals surface area (Å²) in [5.74, 6) is 0.895. The highest BCUT2D eigenvalue weighted by Gasteiger charge is 2.11. The number of nitrogens with zero attached hydrogens (tertiary/aromatic N) is 1. The van der Waals surface area contributed by atoms with Gasteiger partial charge in [-0.15, -0.1) is 0 Å². The molecule has 26 heavy (non-hydrogen) atoms. The standard InChI is InChI=1S/C18H24FN3O3S/c1-3-20-18(21-9-8-17-5-4-10-25-17)22-12-15-11-16(19)7-6-14(15)13-26(2,23)24/h4-7,10-11H,3,8-9,12-13H2,1-2H3,(H2,20,21,22). The van der Waals surface area contributed by atoms with Gasteiger partial charge in [-0.05, 0) is 42.3 Å². The Labute approximate surface area is 153 Å². The molecule has 0 atom stereocenters. The highest BCUT2D eigenvalue weighted by molar-refractivity contribution is 7.89. The van der Waals surface area contributed by atoms with E-state index in [9.17, 15) is 12.8 Å². The Balaban J connectivity index is 2.06. The third kappa shape index (κ3) is 6.87. The zero-order valence-electron chi connectivity index (χ0n) is 15.0. The second-order valence-corrected chi connectivity index (χ2v) is 8.07. The molecule has 8 heteroatoms. The smallest absolute Gasteiger partial charge is 0.191 e. The molecule has 6 nitrogen and oxygen atoms in total. The molecule has 1 aromatic heterocycles. The minimum absolute atomic E-state index is 0.138. The topological polar surface area (TPSA) is 83.7 Å². The van der Waals surface area contributed by atoms with E-state index < -0.39 is 15.7 Å². The summed E-state index contributed by atoms with van der Waals surface area (Å²) in [7, 11) is -3.21. The second-order valence-electron chi connectivity index (χ2n) is 5.93. The lowest BCUT2D eigenvalue weighted by Crippen LogP contribution is -2.38. The molecule has 0 spiro atoms. The molecule has 0 unspecified atom stereocenters. The van der Waals surface area contributed by atoms with Crippen molar-refractivity contribution in [2.24, 2.45) is 4.99 Å². The minimum Gasteiger partial charge on any atom is -0.469 e. The van der Waals surface area contributed by atoms with Crippen LogP contribution in [0.4, 0.5) is 4.39 Å². The molecule has 0 fully saturated rings. The van der Waals surface area contributed by atoms with Crippen LogP contribution in [0.25, 0.3) is 0 Å². The molecule has 0 aliphatic carbocycles. The quantitative estimate of drug-likeness (QED) is 0.541. The van der Waals surface area contributed by atoms with E-state index in [0.29, 0.717) is 36.6 Å². The van der Waals surface area contributed by atoms with Crippen molar-refractivity contribution < 1.29 is 17.2 Å². The Morgan fingerprint density at radius 2 is 2.04 bits per heavy atom. The number of guanidine groups is 1. The number of aliphatic imine (C=N–C) groups is 1. The van der Waals surface area contributed by atoms with Crippen LogP contribution in [0.3, 0.4) is 0 Å². The molecule has 0 saturated carbocycles. The Morgan fingerprint density at radius 3 is 2.69 bits per heavy atom. The average Bonchev–Trinajstić information content (AvgIpc) is 3.07. The maximum Gasteiger partial charge on any atom is 0.191 e. The molecule has 0 amide bonds. The number of hydrogen-bond acceptors (Lipinski definition) is 4. The van der Waals surface area contributed by atoms with Gasteiger partial charge in [-0.1, -0.05) is 6.07 Å².